The molecule has 1 saturated heterocycles. The number of carbonyl (C=O) groups excluding carboxylic acids is 1. The normalized spacial score (nSPS) is 16.4. The van der Waals surface area contributed by atoms with E-state index < -0.39 is 11.7 Å². The van der Waals surface area contributed by atoms with Crippen molar-refractivity contribution in [2.75, 3.05) is 38.6 Å². The van der Waals surface area contributed by atoms with E-state index in [0.717, 1.165) is 17.8 Å². The van der Waals surface area contributed by atoms with Gasteiger partial charge in [0.25, 0.3) is 0 Å². The van der Waals surface area contributed by atoms with E-state index >= 15 is 0 Å². The Kier molecular flexibility index (Phi) is 7.43. The molecular formula is C22H26ClF3N4O. The standard InChI is InChI=1S/C22H26ClF3N4O/c1-29(2)19(15-6-4-3-5-7-15)14-28-21(31)16-8-10-30(11-9-16)20-18(23)12-17(13-27-20)22(24,25)26/h3-7,12-13,16,19H,8-11,14H2,1-2H3,(H,28,31)/t19-/m0/s1. The highest BCUT2D eigenvalue weighted by atomic mass is 35.5. The second-order valence-corrected chi connectivity index (χ2v) is 8.33. The fourth-order valence-electron chi connectivity index (χ4n) is 3.79. The second-order valence-electron chi connectivity index (χ2n) is 7.92. The zero-order valence-electron chi connectivity index (χ0n) is 17.5. The summed E-state index contributed by atoms with van der Waals surface area (Å²) in [4.78, 5) is 20.5. The maximum Gasteiger partial charge on any atom is 0.417 e. The van der Waals surface area contributed by atoms with E-state index in [1.807, 2.05) is 49.3 Å². The van der Waals surface area contributed by atoms with Crippen LogP contribution in [-0.4, -0.2) is 49.5 Å². The number of halogens is 4. The van der Waals surface area contributed by atoms with E-state index in [9.17, 15) is 18.0 Å². The first-order valence-electron chi connectivity index (χ1n) is 10.1. The predicted molar refractivity (Wildman–Crippen MR) is 115 cm³/mol. The minimum absolute atomic E-state index is 0.00564. The summed E-state index contributed by atoms with van der Waals surface area (Å²) in [6.45, 7) is 1.51. The lowest BCUT2D eigenvalue weighted by atomic mass is 9.95. The third-order valence-electron chi connectivity index (χ3n) is 5.59. The van der Waals surface area contributed by atoms with E-state index in [4.69, 9.17) is 11.6 Å². The number of amides is 1. The van der Waals surface area contributed by atoms with Crippen molar-refractivity contribution in [3.63, 3.8) is 0 Å². The number of benzene rings is 1. The van der Waals surface area contributed by atoms with Crippen molar-refractivity contribution in [2.45, 2.75) is 25.1 Å². The number of nitrogens with zero attached hydrogens (tertiary/aromatic N) is 3. The third-order valence-corrected chi connectivity index (χ3v) is 5.87. The molecule has 31 heavy (non-hydrogen) atoms. The first-order chi connectivity index (χ1) is 14.7. The van der Waals surface area contributed by atoms with Crippen LogP contribution in [-0.2, 0) is 11.0 Å². The van der Waals surface area contributed by atoms with Crippen molar-refractivity contribution in [1.82, 2.24) is 15.2 Å². The Bertz CT molecular complexity index is 884. The van der Waals surface area contributed by atoms with Crippen LogP contribution in [0.15, 0.2) is 42.6 Å². The molecule has 2 aromatic rings. The van der Waals surface area contributed by atoms with Crippen LogP contribution in [0.25, 0.3) is 0 Å². The molecule has 0 radical (unpaired) electrons. The second kappa shape index (κ2) is 9.87. The Balaban J connectivity index is 1.55. The number of anilines is 1. The molecule has 1 fully saturated rings. The summed E-state index contributed by atoms with van der Waals surface area (Å²) in [6, 6.07) is 11.0. The topological polar surface area (TPSA) is 48.5 Å². The zero-order chi connectivity index (χ0) is 22.6. The molecule has 3 rings (SSSR count). The number of nitrogens with one attached hydrogen (secondary N) is 1. The molecule has 0 bridgehead atoms. The molecule has 1 aliphatic heterocycles. The van der Waals surface area contributed by atoms with Gasteiger partial charge in [-0.25, -0.2) is 4.98 Å². The van der Waals surface area contributed by atoms with Gasteiger partial charge in [-0.2, -0.15) is 13.2 Å². The Morgan fingerprint density at radius 1 is 1.26 bits per heavy atom. The molecule has 1 aromatic carbocycles. The van der Waals surface area contributed by atoms with E-state index in [1.54, 1.807) is 0 Å². The lowest BCUT2D eigenvalue weighted by molar-refractivity contribution is -0.137. The Morgan fingerprint density at radius 3 is 2.45 bits per heavy atom. The number of pyridine rings is 1. The largest absolute Gasteiger partial charge is 0.417 e. The summed E-state index contributed by atoms with van der Waals surface area (Å²) in [5, 5.41) is 3.02. The predicted octanol–water partition coefficient (Wildman–Crippen LogP) is 4.39. The Morgan fingerprint density at radius 2 is 1.90 bits per heavy atom. The molecule has 168 valence electrons. The number of carbonyl (C=O) groups is 1. The first kappa shape index (κ1) is 23.3. The van der Waals surface area contributed by atoms with Gasteiger partial charge in [0.1, 0.15) is 5.82 Å². The molecule has 1 atom stereocenters. The molecule has 9 heteroatoms. The lowest BCUT2D eigenvalue weighted by Crippen LogP contribution is -2.43. The van der Waals surface area contributed by atoms with Gasteiger partial charge in [-0.3, -0.25) is 4.79 Å². The van der Waals surface area contributed by atoms with Crippen molar-refractivity contribution < 1.29 is 18.0 Å². The SMILES string of the molecule is CN(C)[C@@H](CNC(=O)C1CCN(c2ncc(C(F)(F)F)cc2Cl)CC1)c1ccccc1. The van der Waals surface area contributed by atoms with Gasteiger partial charge >= 0.3 is 6.18 Å². The minimum Gasteiger partial charge on any atom is -0.355 e. The maximum absolute atomic E-state index is 12.8. The fraction of sp³-hybridized carbons (Fsp3) is 0.455. The van der Waals surface area contributed by atoms with Crippen molar-refractivity contribution in [2.24, 2.45) is 5.92 Å². The molecule has 5 nitrogen and oxygen atoms in total. The van der Waals surface area contributed by atoms with Crippen LogP contribution < -0.4 is 10.2 Å². The minimum atomic E-state index is -4.48. The van der Waals surface area contributed by atoms with Gasteiger partial charge in [0.05, 0.1) is 16.6 Å². The van der Waals surface area contributed by atoms with Crippen LogP contribution in [0, 0.1) is 5.92 Å². The molecule has 1 aromatic heterocycles. The van der Waals surface area contributed by atoms with E-state index in [2.05, 4.69) is 15.2 Å². The van der Waals surface area contributed by atoms with Gasteiger partial charge in [0, 0.05) is 31.7 Å². The molecule has 0 unspecified atom stereocenters. The summed E-state index contributed by atoms with van der Waals surface area (Å²) in [7, 11) is 3.95. The number of hydrogen-bond acceptors (Lipinski definition) is 4. The van der Waals surface area contributed by atoms with Gasteiger partial charge in [0.15, 0.2) is 0 Å². The van der Waals surface area contributed by atoms with Gasteiger partial charge < -0.3 is 15.1 Å². The van der Waals surface area contributed by atoms with Crippen molar-refractivity contribution in [3.8, 4) is 0 Å². The average Bonchev–Trinajstić information content (AvgIpc) is 2.74. The summed E-state index contributed by atoms with van der Waals surface area (Å²) in [5.41, 5.74) is 0.259. The third kappa shape index (κ3) is 5.89. The molecule has 0 aliphatic carbocycles. The molecule has 0 spiro atoms. The summed E-state index contributed by atoms with van der Waals surface area (Å²) in [5.74, 6) is 0.169. The van der Waals surface area contributed by atoms with Crippen molar-refractivity contribution >= 4 is 23.3 Å². The maximum atomic E-state index is 12.8. The van der Waals surface area contributed by atoms with Gasteiger partial charge in [-0.15, -0.1) is 0 Å². The lowest BCUT2D eigenvalue weighted by Gasteiger charge is -2.33. The monoisotopic (exact) mass is 454 g/mol. The number of aromatic nitrogens is 1. The molecular weight excluding hydrogens is 429 g/mol. The average molecular weight is 455 g/mol. The first-order valence-corrected chi connectivity index (χ1v) is 10.5. The number of piperidine rings is 1. The fourth-order valence-corrected chi connectivity index (χ4v) is 4.07. The highest BCUT2D eigenvalue weighted by Gasteiger charge is 2.33. The number of rotatable bonds is 6. The zero-order valence-corrected chi connectivity index (χ0v) is 18.2. The van der Waals surface area contributed by atoms with Crippen molar-refractivity contribution in [1.29, 1.82) is 0 Å². The van der Waals surface area contributed by atoms with E-state index in [-0.39, 0.29) is 22.9 Å². The molecule has 1 amide bonds. The van der Waals surface area contributed by atoms with Gasteiger partial charge in [0.2, 0.25) is 5.91 Å². The van der Waals surface area contributed by atoms with Crippen LogP contribution in [0.4, 0.5) is 19.0 Å². The van der Waals surface area contributed by atoms with Crippen LogP contribution >= 0.6 is 11.6 Å². The van der Waals surface area contributed by atoms with Crippen LogP contribution in [0.3, 0.4) is 0 Å². The highest BCUT2D eigenvalue weighted by molar-refractivity contribution is 6.33. The Hall–Kier alpha value is -2.32. The van der Waals surface area contributed by atoms with Gasteiger partial charge in [-0.1, -0.05) is 41.9 Å². The summed E-state index contributed by atoms with van der Waals surface area (Å²) < 4.78 is 38.4. The van der Waals surface area contributed by atoms with Crippen LogP contribution in [0.2, 0.25) is 5.02 Å². The smallest absolute Gasteiger partial charge is 0.355 e. The Labute approximate surface area is 185 Å². The number of alkyl halides is 3. The van der Waals surface area contributed by atoms with Crippen LogP contribution in [0.1, 0.15) is 30.0 Å². The highest BCUT2D eigenvalue weighted by Crippen LogP contribution is 2.34. The quantitative estimate of drug-likeness (QED) is 0.703. The van der Waals surface area contributed by atoms with E-state index in [1.165, 1.54) is 0 Å². The molecule has 2 heterocycles. The molecule has 1 aliphatic rings. The van der Waals surface area contributed by atoms with E-state index in [0.29, 0.717) is 38.3 Å². The van der Waals surface area contributed by atoms with Crippen molar-refractivity contribution in [3.05, 3.63) is 58.7 Å². The summed E-state index contributed by atoms with van der Waals surface area (Å²) >= 11 is 6.05. The number of hydrogen-bond donors (Lipinski definition) is 1. The summed E-state index contributed by atoms with van der Waals surface area (Å²) in [6.07, 6.45) is -2.51. The van der Waals surface area contributed by atoms with Gasteiger partial charge in [-0.05, 0) is 38.6 Å². The molecule has 0 saturated carbocycles. The molecule has 1 N–H and O–H groups in total. The van der Waals surface area contributed by atoms with Crippen LogP contribution in [0.5, 0.6) is 0 Å². The number of likely N-dealkylation sites (N-methyl/N-ethyl adjacent to an activating group) is 1.